The standard InChI is InChI=1S/C14H23F3N6S/c1-18-12(19-6-3-4-10-24-2)21-8-9-22-13-20-7-5-11(23-13)14(15,16)17/h5,7H,3-4,6,8-10H2,1-2H3,(H2,18,19,21)(H,20,22,23). The van der Waals surface area contributed by atoms with E-state index in [1.54, 1.807) is 7.05 Å². The maximum absolute atomic E-state index is 12.5. The average molecular weight is 364 g/mol. The van der Waals surface area contributed by atoms with Crippen LogP contribution in [0, 0.1) is 0 Å². The van der Waals surface area contributed by atoms with Gasteiger partial charge in [-0.15, -0.1) is 0 Å². The lowest BCUT2D eigenvalue weighted by atomic mass is 10.3. The number of nitrogens with one attached hydrogen (secondary N) is 3. The summed E-state index contributed by atoms with van der Waals surface area (Å²) in [6, 6.07) is 0.840. The van der Waals surface area contributed by atoms with E-state index in [1.165, 1.54) is 0 Å². The van der Waals surface area contributed by atoms with Crippen LogP contribution in [0.5, 0.6) is 0 Å². The van der Waals surface area contributed by atoms with E-state index in [0.29, 0.717) is 19.0 Å². The van der Waals surface area contributed by atoms with Crippen molar-refractivity contribution in [2.45, 2.75) is 19.0 Å². The minimum atomic E-state index is -4.47. The van der Waals surface area contributed by atoms with Gasteiger partial charge in [-0.05, 0) is 30.9 Å². The molecule has 0 aromatic carbocycles. The maximum atomic E-state index is 12.5. The highest BCUT2D eigenvalue weighted by Gasteiger charge is 2.32. The molecule has 0 atom stereocenters. The molecule has 0 aliphatic carbocycles. The average Bonchev–Trinajstić information content (AvgIpc) is 2.56. The molecule has 3 N–H and O–H groups in total. The lowest BCUT2D eigenvalue weighted by Crippen LogP contribution is -2.40. The summed E-state index contributed by atoms with van der Waals surface area (Å²) in [5, 5.41) is 9.00. The molecule has 1 heterocycles. The molecule has 0 amide bonds. The zero-order valence-corrected chi connectivity index (χ0v) is 14.6. The number of aromatic nitrogens is 2. The molecule has 6 nitrogen and oxygen atoms in total. The summed E-state index contributed by atoms with van der Waals surface area (Å²) in [7, 11) is 1.67. The number of alkyl halides is 3. The van der Waals surface area contributed by atoms with Crippen LogP contribution < -0.4 is 16.0 Å². The number of anilines is 1. The van der Waals surface area contributed by atoms with E-state index in [2.05, 4.69) is 37.2 Å². The van der Waals surface area contributed by atoms with Crippen LogP contribution in [0.4, 0.5) is 19.1 Å². The van der Waals surface area contributed by atoms with Crippen molar-refractivity contribution in [2.24, 2.45) is 4.99 Å². The molecule has 1 rings (SSSR count). The molecule has 136 valence electrons. The number of guanidine groups is 1. The zero-order valence-electron chi connectivity index (χ0n) is 13.8. The highest BCUT2D eigenvalue weighted by molar-refractivity contribution is 7.98. The normalized spacial score (nSPS) is 12.1. The quantitative estimate of drug-likeness (QED) is 0.354. The lowest BCUT2D eigenvalue weighted by molar-refractivity contribution is -0.141. The fourth-order valence-electron chi connectivity index (χ4n) is 1.76. The molecule has 0 bridgehead atoms. The summed E-state index contributed by atoms with van der Waals surface area (Å²) in [6.45, 7) is 1.67. The molecular formula is C14H23F3N6S. The van der Waals surface area contributed by atoms with Crippen LogP contribution in [0.25, 0.3) is 0 Å². The number of hydrogen-bond acceptors (Lipinski definition) is 5. The van der Waals surface area contributed by atoms with Crippen LogP contribution >= 0.6 is 11.8 Å². The van der Waals surface area contributed by atoms with Gasteiger partial charge in [0.15, 0.2) is 5.96 Å². The second-order valence-corrected chi connectivity index (χ2v) is 5.80. The molecule has 0 saturated carbocycles. The summed E-state index contributed by atoms with van der Waals surface area (Å²) in [4.78, 5) is 11.3. The third-order valence-corrected chi connectivity index (χ3v) is 3.63. The summed E-state index contributed by atoms with van der Waals surface area (Å²) >= 11 is 1.82. The van der Waals surface area contributed by atoms with Gasteiger partial charge in [-0.25, -0.2) is 9.97 Å². The van der Waals surface area contributed by atoms with Gasteiger partial charge in [-0.2, -0.15) is 24.9 Å². The molecule has 0 radical (unpaired) electrons. The van der Waals surface area contributed by atoms with Crippen molar-refractivity contribution < 1.29 is 13.2 Å². The topological polar surface area (TPSA) is 74.2 Å². The Morgan fingerprint density at radius 3 is 2.62 bits per heavy atom. The van der Waals surface area contributed by atoms with E-state index in [0.717, 1.165) is 37.4 Å². The first-order valence-corrected chi connectivity index (χ1v) is 8.94. The van der Waals surface area contributed by atoms with Gasteiger partial charge >= 0.3 is 6.18 Å². The van der Waals surface area contributed by atoms with Gasteiger partial charge in [-0.3, -0.25) is 4.99 Å². The number of rotatable bonds is 9. The molecule has 0 unspecified atom stereocenters. The number of nitrogens with zero attached hydrogens (tertiary/aromatic N) is 3. The van der Waals surface area contributed by atoms with Gasteiger partial charge in [-0.1, -0.05) is 0 Å². The number of hydrogen-bond donors (Lipinski definition) is 3. The Balaban J connectivity index is 2.27. The number of halogens is 3. The zero-order chi connectivity index (χ0) is 17.8. The van der Waals surface area contributed by atoms with Gasteiger partial charge in [0.25, 0.3) is 0 Å². The van der Waals surface area contributed by atoms with E-state index in [-0.39, 0.29) is 5.95 Å². The second-order valence-electron chi connectivity index (χ2n) is 4.82. The predicted molar refractivity (Wildman–Crippen MR) is 92.5 cm³/mol. The summed E-state index contributed by atoms with van der Waals surface area (Å²) in [5.41, 5.74) is -0.962. The fraction of sp³-hybridized carbons (Fsp3) is 0.643. The first-order valence-electron chi connectivity index (χ1n) is 7.55. The first kappa shape index (κ1) is 20.3. The highest BCUT2D eigenvalue weighted by Crippen LogP contribution is 2.27. The Morgan fingerprint density at radius 2 is 1.96 bits per heavy atom. The monoisotopic (exact) mass is 364 g/mol. The highest BCUT2D eigenvalue weighted by atomic mass is 32.2. The van der Waals surface area contributed by atoms with Crippen LogP contribution in [-0.4, -0.2) is 54.6 Å². The van der Waals surface area contributed by atoms with Crippen molar-refractivity contribution in [2.75, 3.05) is 44.0 Å². The lowest BCUT2D eigenvalue weighted by Gasteiger charge is -2.12. The Hall–Kier alpha value is -1.71. The molecule has 0 fully saturated rings. The summed E-state index contributed by atoms with van der Waals surface area (Å²) in [6.07, 6.45) is 0.882. The molecule has 0 spiro atoms. The molecule has 10 heteroatoms. The second kappa shape index (κ2) is 11.0. The van der Waals surface area contributed by atoms with Crippen LogP contribution in [0.2, 0.25) is 0 Å². The SMILES string of the molecule is CN=C(NCCCCSC)NCCNc1nccc(C(F)(F)F)n1. The van der Waals surface area contributed by atoms with E-state index >= 15 is 0 Å². The van der Waals surface area contributed by atoms with Crippen molar-refractivity contribution >= 4 is 23.7 Å². The maximum Gasteiger partial charge on any atom is 0.433 e. The fourth-order valence-corrected chi connectivity index (χ4v) is 2.25. The largest absolute Gasteiger partial charge is 0.433 e. The van der Waals surface area contributed by atoms with Crippen LogP contribution in [-0.2, 0) is 6.18 Å². The van der Waals surface area contributed by atoms with Crippen molar-refractivity contribution in [1.82, 2.24) is 20.6 Å². The van der Waals surface area contributed by atoms with Crippen molar-refractivity contribution in [1.29, 1.82) is 0 Å². The number of aliphatic imine (C=N–C) groups is 1. The van der Waals surface area contributed by atoms with Gasteiger partial charge in [0.05, 0.1) is 0 Å². The third kappa shape index (κ3) is 8.23. The van der Waals surface area contributed by atoms with E-state index in [4.69, 9.17) is 0 Å². The molecular weight excluding hydrogens is 341 g/mol. The van der Waals surface area contributed by atoms with Gasteiger partial charge in [0, 0.05) is 32.9 Å². The summed E-state index contributed by atoms with van der Waals surface area (Å²) < 4.78 is 37.6. The van der Waals surface area contributed by atoms with Crippen LogP contribution in [0.3, 0.4) is 0 Å². The Kier molecular flexibility index (Phi) is 9.28. The number of unbranched alkanes of at least 4 members (excludes halogenated alkanes) is 1. The Bertz CT molecular complexity index is 510. The smallest absolute Gasteiger partial charge is 0.356 e. The molecule has 0 aliphatic rings. The minimum absolute atomic E-state index is 0.0494. The predicted octanol–water partition coefficient (Wildman–Crippen LogP) is 2.22. The van der Waals surface area contributed by atoms with Gasteiger partial charge in [0.1, 0.15) is 5.69 Å². The summed E-state index contributed by atoms with van der Waals surface area (Å²) in [5.74, 6) is 1.74. The Labute approximate surface area is 144 Å². The molecule has 0 aliphatic heterocycles. The first-order chi connectivity index (χ1) is 11.5. The van der Waals surface area contributed by atoms with Crippen LogP contribution in [0.15, 0.2) is 17.3 Å². The molecule has 24 heavy (non-hydrogen) atoms. The van der Waals surface area contributed by atoms with Crippen molar-refractivity contribution in [3.8, 4) is 0 Å². The van der Waals surface area contributed by atoms with Crippen molar-refractivity contribution in [3.05, 3.63) is 18.0 Å². The van der Waals surface area contributed by atoms with Gasteiger partial charge < -0.3 is 16.0 Å². The molecule has 1 aromatic heterocycles. The van der Waals surface area contributed by atoms with E-state index in [1.807, 2.05) is 11.8 Å². The van der Waals surface area contributed by atoms with Crippen LogP contribution in [0.1, 0.15) is 18.5 Å². The molecule has 0 saturated heterocycles. The van der Waals surface area contributed by atoms with E-state index in [9.17, 15) is 13.2 Å². The Morgan fingerprint density at radius 1 is 1.21 bits per heavy atom. The third-order valence-electron chi connectivity index (χ3n) is 2.94. The van der Waals surface area contributed by atoms with Crippen molar-refractivity contribution in [3.63, 3.8) is 0 Å². The van der Waals surface area contributed by atoms with Gasteiger partial charge in [0.2, 0.25) is 5.95 Å². The van der Waals surface area contributed by atoms with E-state index < -0.39 is 11.9 Å². The number of thioether (sulfide) groups is 1. The minimum Gasteiger partial charge on any atom is -0.356 e. The molecule has 1 aromatic rings.